The van der Waals surface area contributed by atoms with Gasteiger partial charge >= 0.3 is 0 Å². The van der Waals surface area contributed by atoms with Gasteiger partial charge in [0.25, 0.3) is 0 Å². The van der Waals surface area contributed by atoms with Gasteiger partial charge in [-0.15, -0.1) is 0 Å². The van der Waals surface area contributed by atoms with E-state index in [0.717, 1.165) is 5.69 Å². The van der Waals surface area contributed by atoms with Crippen LogP contribution in [0.3, 0.4) is 0 Å². The minimum Gasteiger partial charge on any atom is -0.323 e. The molecule has 3 nitrogen and oxygen atoms in total. The molecule has 0 atom stereocenters. The van der Waals surface area contributed by atoms with Crippen molar-refractivity contribution in [1.29, 1.82) is 0 Å². The summed E-state index contributed by atoms with van der Waals surface area (Å²) in [5.74, 6) is 0.659. The van der Waals surface area contributed by atoms with Crippen molar-refractivity contribution >= 4 is 34.8 Å². The Labute approximate surface area is 126 Å². The van der Waals surface area contributed by atoms with E-state index in [1.54, 1.807) is 24.4 Å². The molecule has 0 radical (unpaired) electrons. The number of anilines is 2. The Hall–Kier alpha value is -1.97. The minimum atomic E-state index is 0.556. The Morgan fingerprint density at radius 2 is 1.60 bits per heavy atom. The highest BCUT2D eigenvalue weighted by atomic mass is 35.5. The van der Waals surface area contributed by atoms with Crippen molar-refractivity contribution in [2.75, 3.05) is 5.32 Å². The van der Waals surface area contributed by atoms with Gasteiger partial charge in [0.1, 0.15) is 0 Å². The molecule has 0 amide bonds. The average molecular weight is 304 g/mol. The van der Waals surface area contributed by atoms with Gasteiger partial charge < -0.3 is 5.32 Å². The molecule has 1 aromatic heterocycles. The van der Waals surface area contributed by atoms with Gasteiger partial charge in [0, 0.05) is 18.1 Å². The molecule has 3 rings (SSSR count). The molecule has 2 aromatic carbocycles. The summed E-state index contributed by atoms with van der Waals surface area (Å²) in [7, 11) is 0. The summed E-state index contributed by atoms with van der Waals surface area (Å²) in [6.45, 7) is 0. The highest BCUT2D eigenvalue weighted by Gasteiger charge is 2.10. The van der Waals surface area contributed by atoms with Crippen LogP contribution < -0.4 is 5.32 Å². The van der Waals surface area contributed by atoms with Gasteiger partial charge in [0.15, 0.2) is 0 Å². The van der Waals surface area contributed by atoms with Crippen LogP contribution in [-0.4, -0.2) is 9.55 Å². The fourth-order valence-electron chi connectivity index (χ4n) is 1.92. The maximum atomic E-state index is 6.16. The van der Waals surface area contributed by atoms with Crippen LogP contribution >= 0.6 is 23.2 Å². The fourth-order valence-corrected chi connectivity index (χ4v) is 2.41. The van der Waals surface area contributed by atoms with E-state index in [9.17, 15) is 0 Å². The maximum absolute atomic E-state index is 6.16. The predicted octanol–water partition coefficient (Wildman–Crippen LogP) is 4.92. The molecule has 3 aromatic rings. The molecule has 0 saturated carbocycles. The topological polar surface area (TPSA) is 29.9 Å². The molecule has 5 heteroatoms. The molecule has 0 spiro atoms. The summed E-state index contributed by atoms with van der Waals surface area (Å²) in [5, 5.41) is 4.29. The van der Waals surface area contributed by atoms with Crippen LogP contribution in [0, 0.1) is 0 Å². The molecule has 0 aliphatic rings. The average Bonchev–Trinajstić information content (AvgIpc) is 2.92. The molecule has 0 aliphatic heterocycles. The second kappa shape index (κ2) is 5.57. The first-order valence-electron chi connectivity index (χ1n) is 6.05. The van der Waals surface area contributed by atoms with Crippen molar-refractivity contribution in [1.82, 2.24) is 9.55 Å². The molecule has 0 unspecified atom stereocenters. The van der Waals surface area contributed by atoms with Crippen LogP contribution in [-0.2, 0) is 0 Å². The Morgan fingerprint density at radius 1 is 0.900 bits per heavy atom. The molecule has 0 aliphatic carbocycles. The zero-order chi connectivity index (χ0) is 13.9. The summed E-state index contributed by atoms with van der Waals surface area (Å²) >= 11 is 12.3. The maximum Gasteiger partial charge on any atom is 0.212 e. The number of nitrogens with one attached hydrogen (secondary N) is 1. The summed E-state index contributed by atoms with van der Waals surface area (Å²) in [4.78, 5) is 4.30. The van der Waals surface area contributed by atoms with Crippen LogP contribution in [0.5, 0.6) is 0 Å². The largest absolute Gasteiger partial charge is 0.323 e. The van der Waals surface area contributed by atoms with E-state index in [1.807, 2.05) is 41.1 Å². The van der Waals surface area contributed by atoms with Crippen LogP contribution in [0.25, 0.3) is 5.69 Å². The third kappa shape index (κ3) is 2.50. The number of halogens is 2. The van der Waals surface area contributed by atoms with Gasteiger partial charge in [-0.2, -0.15) is 0 Å². The van der Waals surface area contributed by atoms with E-state index < -0.39 is 0 Å². The van der Waals surface area contributed by atoms with Gasteiger partial charge in [-0.1, -0.05) is 47.5 Å². The van der Waals surface area contributed by atoms with E-state index in [0.29, 0.717) is 21.7 Å². The van der Waals surface area contributed by atoms with Gasteiger partial charge in [-0.05, 0) is 24.3 Å². The predicted molar refractivity (Wildman–Crippen MR) is 83.3 cm³/mol. The minimum absolute atomic E-state index is 0.556. The lowest BCUT2D eigenvalue weighted by atomic mass is 10.3. The van der Waals surface area contributed by atoms with Crippen molar-refractivity contribution in [2.24, 2.45) is 0 Å². The highest BCUT2D eigenvalue weighted by Crippen LogP contribution is 2.32. The number of benzene rings is 2. The Kier molecular flexibility index (Phi) is 3.63. The standard InChI is InChI=1S/C15H11Cl2N3/c16-12-7-4-8-13(17)14(12)19-15-18-9-10-20(15)11-5-2-1-3-6-11/h1-10H,(H,18,19). The first-order valence-corrected chi connectivity index (χ1v) is 6.81. The third-order valence-corrected chi connectivity index (χ3v) is 3.50. The highest BCUT2D eigenvalue weighted by molar-refractivity contribution is 6.39. The first-order chi connectivity index (χ1) is 9.75. The number of nitrogens with zero attached hydrogens (tertiary/aromatic N) is 2. The van der Waals surface area contributed by atoms with Crippen molar-refractivity contribution in [3.05, 3.63) is 71.0 Å². The number of hydrogen-bond donors (Lipinski definition) is 1. The van der Waals surface area contributed by atoms with Crippen LogP contribution in [0.4, 0.5) is 11.6 Å². The lowest BCUT2D eigenvalue weighted by Gasteiger charge is -2.12. The van der Waals surface area contributed by atoms with E-state index >= 15 is 0 Å². The van der Waals surface area contributed by atoms with Gasteiger partial charge in [-0.3, -0.25) is 4.57 Å². The first kappa shape index (κ1) is 13.0. The van der Waals surface area contributed by atoms with Crippen molar-refractivity contribution in [3.8, 4) is 5.69 Å². The molecule has 1 heterocycles. The van der Waals surface area contributed by atoms with Gasteiger partial charge in [0.05, 0.1) is 15.7 Å². The van der Waals surface area contributed by atoms with Crippen LogP contribution in [0.2, 0.25) is 10.0 Å². The van der Waals surface area contributed by atoms with Crippen molar-refractivity contribution in [2.45, 2.75) is 0 Å². The SMILES string of the molecule is Clc1cccc(Cl)c1Nc1nccn1-c1ccccc1. The normalized spacial score (nSPS) is 10.5. The van der Waals surface area contributed by atoms with Crippen molar-refractivity contribution < 1.29 is 0 Å². The number of imidazole rings is 1. The zero-order valence-electron chi connectivity index (χ0n) is 10.4. The quantitative estimate of drug-likeness (QED) is 0.744. The Morgan fingerprint density at radius 3 is 2.30 bits per heavy atom. The van der Waals surface area contributed by atoms with E-state index in [2.05, 4.69) is 10.3 Å². The molecule has 0 fully saturated rings. The summed E-state index contributed by atoms with van der Waals surface area (Å²) < 4.78 is 1.93. The second-order valence-electron chi connectivity index (χ2n) is 4.18. The van der Waals surface area contributed by atoms with Crippen LogP contribution in [0.1, 0.15) is 0 Å². The smallest absolute Gasteiger partial charge is 0.212 e. The third-order valence-electron chi connectivity index (χ3n) is 2.87. The lowest BCUT2D eigenvalue weighted by Crippen LogP contribution is -2.01. The number of aromatic nitrogens is 2. The molecular weight excluding hydrogens is 293 g/mol. The number of para-hydroxylation sites is 2. The fraction of sp³-hybridized carbons (Fsp3) is 0. The number of hydrogen-bond acceptors (Lipinski definition) is 2. The van der Waals surface area contributed by atoms with E-state index in [1.165, 1.54) is 0 Å². The zero-order valence-corrected chi connectivity index (χ0v) is 11.9. The molecule has 20 heavy (non-hydrogen) atoms. The van der Waals surface area contributed by atoms with Gasteiger partial charge in [0.2, 0.25) is 5.95 Å². The van der Waals surface area contributed by atoms with Crippen LogP contribution in [0.15, 0.2) is 60.9 Å². The lowest BCUT2D eigenvalue weighted by molar-refractivity contribution is 1.06. The van der Waals surface area contributed by atoms with Gasteiger partial charge in [-0.25, -0.2) is 4.98 Å². The molecule has 100 valence electrons. The monoisotopic (exact) mass is 303 g/mol. The van der Waals surface area contributed by atoms with E-state index in [-0.39, 0.29) is 0 Å². The molecular formula is C15H11Cl2N3. The Balaban J connectivity index is 1.99. The molecule has 1 N–H and O–H groups in total. The molecule has 0 bridgehead atoms. The van der Waals surface area contributed by atoms with Crippen molar-refractivity contribution in [3.63, 3.8) is 0 Å². The summed E-state index contributed by atoms with van der Waals surface area (Å²) in [6, 6.07) is 15.3. The molecule has 0 saturated heterocycles. The summed E-state index contributed by atoms with van der Waals surface area (Å²) in [6.07, 6.45) is 3.60. The Bertz CT molecular complexity index is 703. The number of rotatable bonds is 3. The summed E-state index contributed by atoms with van der Waals surface area (Å²) in [5.41, 5.74) is 1.66. The van der Waals surface area contributed by atoms with E-state index in [4.69, 9.17) is 23.2 Å². The second-order valence-corrected chi connectivity index (χ2v) is 4.99.